The van der Waals surface area contributed by atoms with Gasteiger partial charge in [0.25, 0.3) is 0 Å². The molecule has 0 spiro atoms. The molecular formula is C18H29ClN2O3S. The van der Waals surface area contributed by atoms with E-state index in [1.165, 1.54) is 0 Å². The Hall–Kier alpha value is -1.11. The van der Waals surface area contributed by atoms with Crippen LogP contribution in [0, 0.1) is 0 Å². The maximum Gasteiger partial charge on any atom is 0.223 e. The molecule has 0 aromatic heterocycles. The van der Waals surface area contributed by atoms with E-state index in [2.05, 4.69) is 0 Å². The molecule has 1 fully saturated rings. The van der Waals surface area contributed by atoms with Gasteiger partial charge in [0.15, 0.2) is 9.84 Å². The van der Waals surface area contributed by atoms with Crippen LogP contribution in [0.5, 0.6) is 0 Å². The SMILES string of the molecule is Cl.NCCN(CCc1ccccc1)C(=O)CCS(=O)(=O)C1CCCC1. The minimum Gasteiger partial charge on any atom is -0.341 e. The van der Waals surface area contributed by atoms with Crippen LogP contribution >= 0.6 is 12.4 Å². The van der Waals surface area contributed by atoms with Crippen molar-refractivity contribution in [2.45, 2.75) is 43.8 Å². The van der Waals surface area contributed by atoms with E-state index in [0.29, 0.717) is 19.6 Å². The predicted molar refractivity (Wildman–Crippen MR) is 104 cm³/mol. The number of benzene rings is 1. The Kier molecular flexibility index (Phi) is 9.46. The number of halogens is 1. The second-order valence-corrected chi connectivity index (χ2v) is 8.83. The van der Waals surface area contributed by atoms with Crippen LogP contribution < -0.4 is 5.73 Å². The fourth-order valence-electron chi connectivity index (χ4n) is 3.23. The molecule has 1 amide bonds. The summed E-state index contributed by atoms with van der Waals surface area (Å²) < 4.78 is 24.6. The highest BCUT2D eigenvalue weighted by Crippen LogP contribution is 2.25. The van der Waals surface area contributed by atoms with Gasteiger partial charge in [-0.05, 0) is 24.8 Å². The first-order valence-corrected chi connectivity index (χ1v) is 10.5. The third-order valence-corrected chi connectivity index (χ3v) is 6.94. The van der Waals surface area contributed by atoms with E-state index in [1.54, 1.807) is 4.90 Å². The molecule has 0 radical (unpaired) electrons. The highest BCUT2D eigenvalue weighted by atomic mass is 35.5. The van der Waals surface area contributed by atoms with Crippen molar-refractivity contribution < 1.29 is 13.2 Å². The minimum absolute atomic E-state index is 0. The Morgan fingerprint density at radius 1 is 1.12 bits per heavy atom. The molecular weight excluding hydrogens is 360 g/mol. The monoisotopic (exact) mass is 388 g/mol. The molecule has 1 aliphatic carbocycles. The van der Waals surface area contributed by atoms with Crippen LogP contribution in [-0.4, -0.2) is 49.9 Å². The molecule has 1 aromatic carbocycles. The van der Waals surface area contributed by atoms with E-state index < -0.39 is 9.84 Å². The van der Waals surface area contributed by atoms with Gasteiger partial charge in [-0.25, -0.2) is 8.42 Å². The topological polar surface area (TPSA) is 80.5 Å². The number of hydrogen-bond acceptors (Lipinski definition) is 4. The summed E-state index contributed by atoms with van der Waals surface area (Å²) in [7, 11) is -3.15. The quantitative estimate of drug-likeness (QED) is 0.703. The molecule has 0 aliphatic heterocycles. The molecule has 2 N–H and O–H groups in total. The lowest BCUT2D eigenvalue weighted by Gasteiger charge is -2.22. The number of carbonyl (C=O) groups is 1. The van der Waals surface area contributed by atoms with Crippen LogP contribution in [-0.2, 0) is 21.1 Å². The average molecular weight is 389 g/mol. The summed E-state index contributed by atoms with van der Waals surface area (Å²) >= 11 is 0. The minimum atomic E-state index is -3.15. The van der Waals surface area contributed by atoms with E-state index in [-0.39, 0.29) is 35.7 Å². The molecule has 7 heteroatoms. The molecule has 25 heavy (non-hydrogen) atoms. The zero-order chi connectivity index (χ0) is 17.4. The van der Waals surface area contributed by atoms with Crippen molar-refractivity contribution in [3.63, 3.8) is 0 Å². The molecule has 142 valence electrons. The van der Waals surface area contributed by atoms with Gasteiger partial charge in [-0.1, -0.05) is 43.2 Å². The van der Waals surface area contributed by atoms with Crippen molar-refractivity contribution >= 4 is 28.2 Å². The van der Waals surface area contributed by atoms with Gasteiger partial charge in [-0.3, -0.25) is 4.79 Å². The fourth-order valence-corrected chi connectivity index (χ4v) is 5.07. The number of nitrogens with two attached hydrogens (primary N) is 1. The number of carbonyl (C=O) groups excluding carboxylic acids is 1. The molecule has 0 heterocycles. The molecule has 1 aliphatic rings. The fraction of sp³-hybridized carbons (Fsp3) is 0.611. The van der Waals surface area contributed by atoms with Gasteiger partial charge >= 0.3 is 0 Å². The predicted octanol–water partition coefficient (Wildman–Crippen LogP) is 2.19. The second kappa shape index (κ2) is 10.8. The molecule has 1 saturated carbocycles. The van der Waals surface area contributed by atoms with Crippen LogP contribution in [0.3, 0.4) is 0 Å². The number of rotatable bonds is 9. The summed E-state index contributed by atoms with van der Waals surface area (Å²) in [5.41, 5.74) is 6.76. The maximum absolute atomic E-state index is 12.4. The third kappa shape index (κ3) is 6.96. The van der Waals surface area contributed by atoms with Crippen LogP contribution in [0.4, 0.5) is 0 Å². The van der Waals surface area contributed by atoms with Crippen molar-refractivity contribution in [3.8, 4) is 0 Å². The largest absolute Gasteiger partial charge is 0.341 e. The highest BCUT2D eigenvalue weighted by molar-refractivity contribution is 7.92. The molecule has 0 atom stereocenters. The Bertz CT molecular complexity index is 616. The second-order valence-electron chi connectivity index (χ2n) is 6.43. The van der Waals surface area contributed by atoms with E-state index in [0.717, 1.165) is 37.7 Å². The van der Waals surface area contributed by atoms with Crippen molar-refractivity contribution in [2.24, 2.45) is 5.73 Å². The van der Waals surface area contributed by atoms with E-state index in [1.807, 2.05) is 30.3 Å². The molecule has 0 saturated heterocycles. The molecule has 0 bridgehead atoms. The zero-order valence-electron chi connectivity index (χ0n) is 14.6. The summed E-state index contributed by atoms with van der Waals surface area (Å²) in [5.74, 6) is -0.152. The van der Waals surface area contributed by atoms with Crippen molar-refractivity contribution in [2.75, 3.05) is 25.4 Å². The van der Waals surface area contributed by atoms with Crippen molar-refractivity contribution in [3.05, 3.63) is 35.9 Å². The zero-order valence-corrected chi connectivity index (χ0v) is 16.2. The van der Waals surface area contributed by atoms with Crippen LogP contribution in [0.25, 0.3) is 0 Å². The maximum atomic E-state index is 12.4. The van der Waals surface area contributed by atoms with E-state index >= 15 is 0 Å². The van der Waals surface area contributed by atoms with Gasteiger partial charge in [-0.15, -0.1) is 12.4 Å². The number of amides is 1. The molecule has 1 aromatic rings. The first-order chi connectivity index (χ1) is 11.5. The highest BCUT2D eigenvalue weighted by Gasteiger charge is 2.29. The molecule has 2 rings (SSSR count). The number of nitrogens with zero attached hydrogens (tertiary/aromatic N) is 1. The van der Waals surface area contributed by atoms with E-state index in [9.17, 15) is 13.2 Å². The van der Waals surface area contributed by atoms with Gasteiger partial charge in [-0.2, -0.15) is 0 Å². The number of sulfone groups is 1. The summed E-state index contributed by atoms with van der Waals surface area (Å²) in [6.45, 7) is 1.43. The van der Waals surface area contributed by atoms with Crippen LogP contribution in [0.15, 0.2) is 30.3 Å². The normalized spacial score (nSPS) is 14.9. The summed E-state index contributed by atoms with van der Waals surface area (Å²) in [6.07, 6.45) is 4.27. The Morgan fingerprint density at radius 2 is 1.76 bits per heavy atom. The first-order valence-electron chi connectivity index (χ1n) is 8.76. The van der Waals surface area contributed by atoms with Crippen LogP contribution in [0.1, 0.15) is 37.7 Å². The van der Waals surface area contributed by atoms with Gasteiger partial charge in [0.1, 0.15) is 0 Å². The van der Waals surface area contributed by atoms with Crippen molar-refractivity contribution in [1.29, 1.82) is 0 Å². The van der Waals surface area contributed by atoms with Gasteiger partial charge in [0.2, 0.25) is 5.91 Å². The average Bonchev–Trinajstić information content (AvgIpc) is 3.13. The van der Waals surface area contributed by atoms with E-state index in [4.69, 9.17) is 5.73 Å². The standard InChI is InChI=1S/C18H28N2O3S.ClH/c19-12-14-20(13-10-16-6-2-1-3-7-16)18(21)11-15-24(22,23)17-8-4-5-9-17;/h1-3,6-7,17H,4-5,8-15,19H2;1H. The third-order valence-electron chi connectivity index (χ3n) is 4.68. The van der Waals surface area contributed by atoms with Gasteiger partial charge < -0.3 is 10.6 Å². The number of hydrogen-bond donors (Lipinski definition) is 1. The first kappa shape index (κ1) is 21.9. The van der Waals surface area contributed by atoms with Gasteiger partial charge in [0.05, 0.1) is 11.0 Å². The Labute approximate surface area is 157 Å². The smallest absolute Gasteiger partial charge is 0.223 e. The van der Waals surface area contributed by atoms with Crippen LogP contribution in [0.2, 0.25) is 0 Å². The molecule has 0 unspecified atom stereocenters. The van der Waals surface area contributed by atoms with Crippen molar-refractivity contribution in [1.82, 2.24) is 4.90 Å². The van der Waals surface area contributed by atoms with Gasteiger partial charge in [0, 0.05) is 26.1 Å². The molecule has 5 nitrogen and oxygen atoms in total. The summed E-state index contributed by atoms with van der Waals surface area (Å²) in [6, 6.07) is 9.95. The lowest BCUT2D eigenvalue weighted by molar-refractivity contribution is -0.130. The Balaban J connectivity index is 0.00000312. The lowest BCUT2D eigenvalue weighted by atomic mass is 10.1. The lowest BCUT2D eigenvalue weighted by Crippen LogP contribution is -2.38. The Morgan fingerprint density at radius 3 is 2.36 bits per heavy atom. The summed E-state index contributed by atoms with van der Waals surface area (Å²) in [5, 5.41) is -0.238. The summed E-state index contributed by atoms with van der Waals surface area (Å²) in [4.78, 5) is 14.1.